The molecule has 3 aromatic rings. The monoisotopic (exact) mass is 470 g/mol. The second-order valence-electron chi connectivity index (χ2n) is 9.01. The molecular formula is C29H27ClN2O2. The van der Waals surface area contributed by atoms with Crippen molar-refractivity contribution < 1.29 is 9.59 Å². The average molecular weight is 471 g/mol. The number of Topliss-reactive ketones (excluding diaryl/α,β-unsaturated/α-hetero) is 1. The zero-order chi connectivity index (χ0) is 23.8. The molecule has 172 valence electrons. The quantitative estimate of drug-likeness (QED) is 0.450. The molecule has 5 rings (SSSR count). The van der Waals surface area contributed by atoms with Crippen LogP contribution in [-0.4, -0.2) is 11.7 Å². The van der Waals surface area contributed by atoms with Crippen molar-refractivity contribution >= 4 is 34.7 Å². The van der Waals surface area contributed by atoms with Gasteiger partial charge in [-0.3, -0.25) is 14.5 Å². The van der Waals surface area contributed by atoms with Gasteiger partial charge in [0.15, 0.2) is 5.78 Å². The minimum Gasteiger partial charge on any atom is -0.357 e. The smallest absolute Gasteiger partial charge is 0.227 e. The fourth-order valence-electron chi connectivity index (χ4n) is 5.13. The average Bonchev–Trinajstić information content (AvgIpc) is 2.99. The number of allylic oxidation sites excluding steroid dienone is 1. The number of anilines is 2. The molecule has 0 saturated carbocycles. The maximum absolute atomic E-state index is 13.9. The summed E-state index contributed by atoms with van der Waals surface area (Å²) in [7, 11) is 0. The van der Waals surface area contributed by atoms with Crippen molar-refractivity contribution in [3.63, 3.8) is 0 Å². The van der Waals surface area contributed by atoms with E-state index in [4.69, 9.17) is 11.6 Å². The maximum atomic E-state index is 13.9. The fraction of sp³-hybridized carbons (Fsp3) is 0.241. The van der Waals surface area contributed by atoms with Gasteiger partial charge in [-0.1, -0.05) is 78.7 Å². The van der Waals surface area contributed by atoms with E-state index in [-0.39, 0.29) is 17.6 Å². The maximum Gasteiger partial charge on any atom is 0.227 e. The van der Waals surface area contributed by atoms with Gasteiger partial charge in [0, 0.05) is 29.1 Å². The van der Waals surface area contributed by atoms with Crippen molar-refractivity contribution in [2.75, 3.05) is 10.2 Å². The summed E-state index contributed by atoms with van der Waals surface area (Å²) in [6, 6.07) is 23.2. The molecule has 1 amide bonds. The highest BCUT2D eigenvalue weighted by atomic mass is 35.5. The molecule has 1 N–H and O–H groups in total. The number of benzene rings is 3. The minimum atomic E-state index is -0.487. The van der Waals surface area contributed by atoms with E-state index >= 15 is 0 Å². The number of nitrogens with zero attached hydrogens (tertiary/aromatic N) is 1. The normalized spacial score (nSPS) is 19.7. The van der Waals surface area contributed by atoms with Gasteiger partial charge in [0.1, 0.15) is 0 Å². The third kappa shape index (κ3) is 3.92. The number of amides is 1. The summed E-state index contributed by atoms with van der Waals surface area (Å²) in [4.78, 5) is 29.1. The van der Waals surface area contributed by atoms with Crippen molar-refractivity contribution in [2.45, 2.75) is 45.1 Å². The van der Waals surface area contributed by atoms with Gasteiger partial charge in [0.2, 0.25) is 5.91 Å². The van der Waals surface area contributed by atoms with Crippen LogP contribution in [0.25, 0.3) is 0 Å². The number of carbonyl (C=O) groups excluding carboxylic acids is 2. The standard InChI is InChI=1S/C29H27ClN2O2/c1-3-27(34)32-25-11-7-6-10-23(25)31-24-16-20(21-8-4-5-9-22(21)30)17-26(33)28(24)29(32)19-14-12-18(2)13-15-19/h4-15,20,29,31H,3,16-17H2,1-2H3/t20-,29-/m0/s1. The first-order valence-electron chi connectivity index (χ1n) is 11.7. The topological polar surface area (TPSA) is 49.4 Å². The van der Waals surface area contributed by atoms with Gasteiger partial charge < -0.3 is 5.32 Å². The molecule has 1 aliphatic heterocycles. The second-order valence-corrected chi connectivity index (χ2v) is 9.42. The first kappa shape index (κ1) is 22.4. The lowest BCUT2D eigenvalue weighted by Gasteiger charge is -2.35. The summed E-state index contributed by atoms with van der Waals surface area (Å²) in [5.41, 5.74) is 6.21. The Hall–Kier alpha value is -3.37. The summed E-state index contributed by atoms with van der Waals surface area (Å²) in [5.74, 6) is 0.00672. The number of rotatable bonds is 3. The molecule has 34 heavy (non-hydrogen) atoms. The van der Waals surface area contributed by atoms with Crippen LogP contribution in [0, 0.1) is 6.92 Å². The largest absolute Gasteiger partial charge is 0.357 e. The zero-order valence-electron chi connectivity index (χ0n) is 19.3. The number of fused-ring (bicyclic) bond motifs is 1. The molecule has 2 aliphatic rings. The van der Waals surface area contributed by atoms with Crippen molar-refractivity contribution in [1.82, 2.24) is 0 Å². The van der Waals surface area contributed by atoms with Crippen LogP contribution in [0.2, 0.25) is 5.02 Å². The Kier molecular flexibility index (Phi) is 6.01. The van der Waals surface area contributed by atoms with E-state index < -0.39 is 6.04 Å². The van der Waals surface area contributed by atoms with Crippen LogP contribution in [0.5, 0.6) is 0 Å². The lowest BCUT2D eigenvalue weighted by molar-refractivity contribution is -0.119. The van der Waals surface area contributed by atoms with Crippen LogP contribution in [0.4, 0.5) is 11.4 Å². The molecule has 0 aromatic heterocycles. The van der Waals surface area contributed by atoms with E-state index in [1.807, 2.05) is 91.5 Å². The van der Waals surface area contributed by atoms with Gasteiger partial charge in [0.25, 0.3) is 0 Å². The van der Waals surface area contributed by atoms with E-state index in [1.54, 1.807) is 0 Å². The Balaban J connectivity index is 1.71. The molecule has 0 unspecified atom stereocenters. The molecule has 0 saturated heterocycles. The van der Waals surface area contributed by atoms with Gasteiger partial charge in [-0.05, 0) is 48.6 Å². The van der Waals surface area contributed by atoms with Crippen LogP contribution < -0.4 is 10.2 Å². The fourth-order valence-corrected chi connectivity index (χ4v) is 5.42. The molecule has 2 atom stereocenters. The molecule has 4 nitrogen and oxygen atoms in total. The molecule has 0 radical (unpaired) electrons. The molecule has 3 aromatic carbocycles. The van der Waals surface area contributed by atoms with Crippen LogP contribution in [0.1, 0.15) is 54.8 Å². The number of halogens is 1. The van der Waals surface area contributed by atoms with Gasteiger partial charge >= 0.3 is 0 Å². The minimum absolute atomic E-state index is 0.0189. The highest BCUT2D eigenvalue weighted by Crippen LogP contribution is 2.48. The van der Waals surface area contributed by atoms with Crippen LogP contribution >= 0.6 is 11.6 Å². The first-order chi connectivity index (χ1) is 16.5. The van der Waals surface area contributed by atoms with Gasteiger partial charge in [-0.15, -0.1) is 0 Å². The van der Waals surface area contributed by atoms with Gasteiger partial charge in [-0.25, -0.2) is 0 Å². The molecule has 1 heterocycles. The SMILES string of the molecule is CCC(=O)N1c2ccccc2NC2=C(C(=O)C[C@@H](c3ccccc3Cl)C2)[C@@H]1c1ccc(C)cc1. The molecule has 0 bridgehead atoms. The molecule has 5 heteroatoms. The van der Waals surface area contributed by atoms with Crippen LogP contribution in [0.15, 0.2) is 84.1 Å². The summed E-state index contributed by atoms with van der Waals surface area (Å²) < 4.78 is 0. The lowest BCUT2D eigenvalue weighted by Crippen LogP contribution is -2.38. The number of hydrogen-bond donors (Lipinski definition) is 1. The van der Waals surface area contributed by atoms with E-state index in [0.29, 0.717) is 29.9 Å². The van der Waals surface area contributed by atoms with Crippen molar-refractivity contribution in [3.05, 3.63) is 106 Å². The summed E-state index contributed by atoms with van der Waals surface area (Å²) >= 11 is 6.52. The van der Waals surface area contributed by atoms with Crippen molar-refractivity contribution in [3.8, 4) is 0 Å². The van der Waals surface area contributed by atoms with E-state index in [1.165, 1.54) is 0 Å². The van der Waals surface area contributed by atoms with Crippen LogP contribution in [0.3, 0.4) is 0 Å². The number of carbonyl (C=O) groups is 2. The summed E-state index contributed by atoms with van der Waals surface area (Å²) in [6.07, 6.45) is 1.35. The Bertz CT molecular complexity index is 1300. The van der Waals surface area contributed by atoms with E-state index in [2.05, 4.69) is 5.32 Å². The van der Waals surface area contributed by atoms with E-state index in [9.17, 15) is 9.59 Å². The third-order valence-corrected chi connectivity index (χ3v) is 7.14. The van der Waals surface area contributed by atoms with Crippen molar-refractivity contribution in [1.29, 1.82) is 0 Å². The summed E-state index contributed by atoms with van der Waals surface area (Å²) in [6.45, 7) is 3.90. The molecule has 0 spiro atoms. The van der Waals surface area contributed by atoms with Crippen molar-refractivity contribution in [2.24, 2.45) is 0 Å². The highest BCUT2D eigenvalue weighted by Gasteiger charge is 2.41. The number of para-hydroxylation sites is 2. The number of hydrogen-bond acceptors (Lipinski definition) is 3. The third-order valence-electron chi connectivity index (χ3n) is 6.80. The number of ketones is 1. The molecular weight excluding hydrogens is 444 g/mol. The van der Waals surface area contributed by atoms with Gasteiger partial charge in [-0.2, -0.15) is 0 Å². The van der Waals surface area contributed by atoms with Gasteiger partial charge in [0.05, 0.1) is 17.4 Å². The number of aryl methyl sites for hydroxylation is 1. The Morgan fingerprint density at radius 1 is 1.00 bits per heavy atom. The molecule has 1 aliphatic carbocycles. The zero-order valence-corrected chi connectivity index (χ0v) is 20.1. The predicted molar refractivity (Wildman–Crippen MR) is 137 cm³/mol. The Morgan fingerprint density at radius 2 is 1.71 bits per heavy atom. The second kappa shape index (κ2) is 9.11. The highest BCUT2D eigenvalue weighted by molar-refractivity contribution is 6.31. The Labute approximate surface area is 205 Å². The Morgan fingerprint density at radius 3 is 2.44 bits per heavy atom. The first-order valence-corrected chi connectivity index (χ1v) is 12.1. The lowest BCUT2D eigenvalue weighted by atomic mass is 9.78. The van der Waals surface area contributed by atoms with E-state index in [0.717, 1.165) is 33.8 Å². The molecule has 0 fully saturated rings. The summed E-state index contributed by atoms with van der Waals surface area (Å²) in [5, 5.41) is 4.23. The predicted octanol–water partition coefficient (Wildman–Crippen LogP) is 6.96. The number of nitrogens with one attached hydrogen (secondary N) is 1. The van der Waals surface area contributed by atoms with Crippen LogP contribution in [-0.2, 0) is 9.59 Å².